The molecule has 1 atom stereocenters. The molecule has 1 aromatic rings. The molecule has 0 bridgehead atoms. The third-order valence-corrected chi connectivity index (χ3v) is 2.82. The van der Waals surface area contributed by atoms with Crippen LogP contribution in [0.1, 0.15) is 12.2 Å². The predicted molar refractivity (Wildman–Crippen MR) is 56.4 cm³/mol. The lowest BCUT2D eigenvalue weighted by atomic mass is 10.2. The summed E-state index contributed by atoms with van der Waals surface area (Å²) in [4.78, 5) is 1.43. The first-order chi connectivity index (χ1) is 8.03. The van der Waals surface area contributed by atoms with Gasteiger partial charge in [0.15, 0.2) is 0 Å². The van der Waals surface area contributed by atoms with Crippen molar-refractivity contribution >= 4 is 0 Å². The molecule has 3 nitrogen and oxygen atoms in total. The van der Waals surface area contributed by atoms with Gasteiger partial charge in [-0.2, -0.15) is 13.2 Å². The normalized spacial score (nSPS) is 22.2. The number of hydrogen-bond acceptors (Lipinski definition) is 3. The predicted octanol–water partition coefficient (Wildman–Crippen LogP) is 2.01. The highest BCUT2D eigenvalue weighted by Crippen LogP contribution is 2.20. The van der Waals surface area contributed by atoms with Gasteiger partial charge < -0.3 is 9.73 Å². The van der Waals surface area contributed by atoms with Crippen molar-refractivity contribution in [2.75, 3.05) is 19.6 Å². The van der Waals surface area contributed by atoms with E-state index in [0.717, 1.165) is 12.2 Å². The van der Waals surface area contributed by atoms with Gasteiger partial charge in [0.05, 0.1) is 19.4 Å². The molecule has 17 heavy (non-hydrogen) atoms. The molecule has 2 heterocycles. The van der Waals surface area contributed by atoms with Crippen LogP contribution in [-0.4, -0.2) is 36.8 Å². The molecular weight excluding hydrogens is 233 g/mol. The van der Waals surface area contributed by atoms with Crippen LogP contribution >= 0.6 is 0 Å². The molecule has 0 unspecified atom stereocenters. The smallest absolute Gasteiger partial charge is 0.401 e. The van der Waals surface area contributed by atoms with Crippen LogP contribution < -0.4 is 5.32 Å². The summed E-state index contributed by atoms with van der Waals surface area (Å²) < 4.78 is 41.6. The molecule has 0 aromatic carbocycles. The first-order valence-corrected chi connectivity index (χ1v) is 5.58. The third-order valence-electron chi connectivity index (χ3n) is 2.82. The molecule has 1 fully saturated rings. The Bertz CT molecular complexity index is 337. The van der Waals surface area contributed by atoms with Gasteiger partial charge in [0.2, 0.25) is 0 Å². The Morgan fingerprint density at radius 3 is 2.94 bits per heavy atom. The van der Waals surface area contributed by atoms with Crippen molar-refractivity contribution in [2.45, 2.75) is 25.2 Å². The van der Waals surface area contributed by atoms with E-state index in [-0.39, 0.29) is 6.04 Å². The summed E-state index contributed by atoms with van der Waals surface area (Å²) in [6.07, 6.45) is -1.77. The van der Waals surface area contributed by atoms with Gasteiger partial charge in [0.1, 0.15) is 5.76 Å². The van der Waals surface area contributed by atoms with Crippen molar-refractivity contribution in [1.82, 2.24) is 10.2 Å². The lowest BCUT2D eigenvalue weighted by Gasteiger charge is -2.18. The van der Waals surface area contributed by atoms with E-state index < -0.39 is 12.7 Å². The first-order valence-electron chi connectivity index (χ1n) is 5.58. The van der Waals surface area contributed by atoms with Crippen LogP contribution in [0.2, 0.25) is 0 Å². The SMILES string of the molecule is FC(F)(F)CN1CC[C@@H](NCc2ccco2)C1. The molecule has 2 rings (SSSR count). The van der Waals surface area contributed by atoms with Crippen LogP contribution in [0.15, 0.2) is 22.8 Å². The number of hydrogen-bond donors (Lipinski definition) is 1. The van der Waals surface area contributed by atoms with E-state index in [1.165, 1.54) is 4.90 Å². The highest BCUT2D eigenvalue weighted by atomic mass is 19.4. The maximum Gasteiger partial charge on any atom is 0.401 e. The van der Waals surface area contributed by atoms with Gasteiger partial charge in [-0.15, -0.1) is 0 Å². The molecule has 0 saturated carbocycles. The number of alkyl halides is 3. The number of nitrogens with one attached hydrogen (secondary N) is 1. The van der Waals surface area contributed by atoms with Crippen molar-refractivity contribution in [2.24, 2.45) is 0 Å². The number of furan rings is 1. The van der Waals surface area contributed by atoms with Crippen molar-refractivity contribution in [3.8, 4) is 0 Å². The van der Waals surface area contributed by atoms with E-state index in [1.54, 1.807) is 12.3 Å². The van der Waals surface area contributed by atoms with E-state index in [2.05, 4.69) is 5.32 Å². The average Bonchev–Trinajstić information content (AvgIpc) is 2.82. The Kier molecular flexibility index (Phi) is 3.73. The van der Waals surface area contributed by atoms with Gasteiger partial charge in [-0.1, -0.05) is 0 Å². The number of likely N-dealkylation sites (tertiary alicyclic amines) is 1. The quantitative estimate of drug-likeness (QED) is 0.883. The van der Waals surface area contributed by atoms with Crippen LogP contribution in [0.3, 0.4) is 0 Å². The summed E-state index contributed by atoms with van der Waals surface area (Å²) in [5, 5.41) is 3.20. The van der Waals surface area contributed by atoms with Crippen LogP contribution in [0.5, 0.6) is 0 Å². The Hall–Kier alpha value is -1.01. The summed E-state index contributed by atoms with van der Waals surface area (Å²) in [5.41, 5.74) is 0. The first kappa shape index (κ1) is 12.4. The highest BCUT2D eigenvalue weighted by Gasteiger charge is 2.34. The van der Waals surface area contributed by atoms with Gasteiger partial charge in [0.25, 0.3) is 0 Å². The molecule has 0 radical (unpaired) electrons. The van der Waals surface area contributed by atoms with Crippen molar-refractivity contribution in [3.63, 3.8) is 0 Å². The minimum atomic E-state index is -4.10. The van der Waals surface area contributed by atoms with Gasteiger partial charge >= 0.3 is 6.18 Å². The lowest BCUT2D eigenvalue weighted by molar-refractivity contribution is -0.143. The second-order valence-corrected chi connectivity index (χ2v) is 4.30. The van der Waals surface area contributed by atoms with Gasteiger partial charge in [0, 0.05) is 19.1 Å². The molecule has 1 aliphatic rings. The van der Waals surface area contributed by atoms with E-state index in [1.807, 2.05) is 6.07 Å². The fourth-order valence-corrected chi connectivity index (χ4v) is 2.05. The molecule has 1 aromatic heterocycles. The van der Waals surface area contributed by atoms with Gasteiger partial charge in [-0.25, -0.2) is 0 Å². The molecule has 1 saturated heterocycles. The number of halogens is 3. The zero-order valence-electron chi connectivity index (χ0n) is 9.33. The fourth-order valence-electron chi connectivity index (χ4n) is 2.05. The Morgan fingerprint density at radius 2 is 2.29 bits per heavy atom. The molecule has 96 valence electrons. The van der Waals surface area contributed by atoms with E-state index in [0.29, 0.717) is 19.6 Å². The molecule has 0 amide bonds. The third kappa shape index (κ3) is 4.05. The summed E-state index contributed by atoms with van der Waals surface area (Å²) in [7, 11) is 0. The lowest BCUT2D eigenvalue weighted by Crippen LogP contribution is -2.36. The summed E-state index contributed by atoms with van der Waals surface area (Å²) >= 11 is 0. The van der Waals surface area contributed by atoms with Crippen molar-refractivity contribution in [1.29, 1.82) is 0 Å². The number of nitrogens with zero attached hydrogens (tertiary/aromatic N) is 1. The summed E-state index contributed by atoms with van der Waals surface area (Å²) in [6.45, 7) is 0.693. The summed E-state index contributed by atoms with van der Waals surface area (Å²) in [6, 6.07) is 3.75. The second-order valence-electron chi connectivity index (χ2n) is 4.30. The van der Waals surface area contributed by atoms with E-state index >= 15 is 0 Å². The fraction of sp³-hybridized carbons (Fsp3) is 0.636. The van der Waals surface area contributed by atoms with Gasteiger partial charge in [-0.3, -0.25) is 4.90 Å². The maximum absolute atomic E-state index is 12.2. The molecule has 1 aliphatic heterocycles. The minimum absolute atomic E-state index is 0.113. The molecule has 0 aliphatic carbocycles. The van der Waals surface area contributed by atoms with E-state index in [9.17, 15) is 13.2 Å². The average molecular weight is 248 g/mol. The molecular formula is C11H15F3N2O. The van der Waals surface area contributed by atoms with Crippen molar-refractivity contribution in [3.05, 3.63) is 24.2 Å². The zero-order valence-corrected chi connectivity index (χ0v) is 9.33. The largest absolute Gasteiger partial charge is 0.468 e. The Morgan fingerprint density at radius 1 is 1.47 bits per heavy atom. The van der Waals surface area contributed by atoms with Crippen molar-refractivity contribution < 1.29 is 17.6 Å². The van der Waals surface area contributed by atoms with Crippen LogP contribution in [0, 0.1) is 0 Å². The summed E-state index contributed by atoms with van der Waals surface area (Å²) in [5.74, 6) is 0.805. The number of rotatable bonds is 4. The maximum atomic E-state index is 12.2. The van der Waals surface area contributed by atoms with Crippen LogP contribution in [0.25, 0.3) is 0 Å². The van der Waals surface area contributed by atoms with Gasteiger partial charge in [-0.05, 0) is 18.6 Å². The van der Waals surface area contributed by atoms with Crippen LogP contribution in [-0.2, 0) is 6.54 Å². The monoisotopic (exact) mass is 248 g/mol. The Labute approximate surface area is 97.6 Å². The second kappa shape index (κ2) is 5.10. The topological polar surface area (TPSA) is 28.4 Å². The standard InChI is InChI=1S/C11H15F3N2O/c12-11(13,14)8-16-4-3-9(7-16)15-6-10-2-1-5-17-10/h1-2,5,9,15H,3-4,6-8H2/t9-/m1/s1. The molecule has 6 heteroatoms. The van der Waals surface area contributed by atoms with E-state index in [4.69, 9.17) is 4.42 Å². The Balaban J connectivity index is 1.71. The molecule has 0 spiro atoms. The molecule has 1 N–H and O–H groups in total. The minimum Gasteiger partial charge on any atom is -0.468 e. The van der Waals surface area contributed by atoms with Crippen LogP contribution in [0.4, 0.5) is 13.2 Å². The highest BCUT2D eigenvalue weighted by molar-refractivity contribution is 4.98. The zero-order chi connectivity index (χ0) is 12.3.